The summed E-state index contributed by atoms with van der Waals surface area (Å²) >= 11 is 5.59. The van der Waals surface area contributed by atoms with Crippen LogP contribution < -0.4 is 11.0 Å². The highest BCUT2D eigenvalue weighted by Gasteiger charge is 2.33. The molecule has 4 nitrogen and oxygen atoms in total. The first-order chi connectivity index (χ1) is 9.77. The fourth-order valence-electron chi connectivity index (χ4n) is 1.89. The monoisotopic (exact) mass is 318 g/mol. The van der Waals surface area contributed by atoms with Gasteiger partial charge in [-0.2, -0.15) is 13.2 Å². The predicted octanol–water partition coefficient (Wildman–Crippen LogP) is 2.52. The van der Waals surface area contributed by atoms with Crippen molar-refractivity contribution in [3.05, 3.63) is 66.7 Å². The largest absolute Gasteiger partial charge is 0.416 e. The standard InChI is InChI=1S/C13H10ClF3N2O2/c14-8-3-1-7(10(5-8)13(15,16)17)2-4-9-6-11(20)12(21)19-18-9/h1,3,5-6H,2,4H2,(H,18,20)(H,19,21). The summed E-state index contributed by atoms with van der Waals surface area (Å²) in [5, 5.41) is 4.60. The van der Waals surface area contributed by atoms with Crippen LogP contribution in [0.5, 0.6) is 0 Å². The lowest BCUT2D eigenvalue weighted by Crippen LogP contribution is -2.27. The van der Waals surface area contributed by atoms with Crippen LogP contribution in [-0.2, 0) is 19.0 Å². The number of halogens is 4. The molecule has 0 saturated carbocycles. The molecule has 2 N–H and O–H groups in total. The van der Waals surface area contributed by atoms with E-state index in [1.54, 1.807) is 0 Å². The Balaban J connectivity index is 2.26. The van der Waals surface area contributed by atoms with E-state index in [-0.39, 0.29) is 23.4 Å². The van der Waals surface area contributed by atoms with Gasteiger partial charge < -0.3 is 5.10 Å². The summed E-state index contributed by atoms with van der Waals surface area (Å²) in [5.41, 5.74) is -1.93. The summed E-state index contributed by atoms with van der Waals surface area (Å²) < 4.78 is 38.7. The van der Waals surface area contributed by atoms with Gasteiger partial charge in [-0.25, -0.2) is 0 Å². The number of hydrogen-bond donors (Lipinski definition) is 2. The van der Waals surface area contributed by atoms with Gasteiger partial charge in [-0.05, 0) is 30.5 Å². The van der Waals surface area contributed by atoms with Crippen molar-refractivity contribution < 1.29 is 13.2 Å². The van der Waals surface area contributed by atoms with Crippen LogP contribution in [0, 0.1) is 0 Å². The van der Waals surface area contributed by atoms with Gasteiger partial charge in [0.1, 0.15) is 0 Å². The predicted molar refractivity (Wildman–Crippen MR) is 71.5 cm³/mol. The molecule has 0 unspecified atom stereocenters. The van der Waals surface area contributed by atoms with E-state index in [0.29, 0.717) is 5.69 Å². The molecule has 0 aliphatic rings. The maximum atomic E-state index is 12.9. The average Bonchev–Trinajstić information content (AvgIpc) is 2.40. The van der Waals surface area contributed by atoms with Gasteiger partial charge >= 0.3 is 11.7 Å². The van der Waals surface area contributed by atoms with Crippen molar-refractivity contribution in [3.8, 4) is 0 Å². The second-order valence-electron chi connectivity index (χ2n) is 4.41. The Morgan fingerprint density at radius 3 is 2.38 bits per heavy atom. The zero-order valence-corrected chi connectivity index (χ0v) is 11.3. The number of aryl methyl sites for hydroxylation is 2. The van der Waals surface area contributed by atoms with E-state index >= 15 is 0 Å². The van der Waals surface area contributed by atoms with E-state index in [4.69, 9.17) is 11.6 Å². The molecule has 0 saturated heterocycles. The van der Waals surface area contributed by atoms with Crippen LogP contribution in [0.25, 0.3) is 0 Å². The van der Waals surface area contributed by atoms with E-state index in [2.05, 4.69) is 10.2 Å². The van der Waals surface area contributed by atoms with Gasteiger partial charge in [-0.3, -0.25) is 14.7 Å². The average molecular weight is 319 g/mol. The SMILES string of the molecule is O=c1cc(CCc2ccc(Cl)cc2C(F)(F)F)[nH][nH]c1=O. The van der Waals surface area contributed by atoms with Crippen molar-refractivity contribution in [3.63, 3.8) is 0 Å². The molecule has 112 valence electrons. The number of aromatic nitrogens is 2. The van der Waals surface area contributed by atoms with Crippen LogP contribution in [0.2, 0.25) is 5.02 Å². The number of H-pyrrole nitrogens is 2. The quantitative estimate of drug-likeness (QED) is 0.854. The number of hydrogen-bond acceptors (Lipinski definition) is 2. The fraction of sp³-hybridized carbons (Fsp3) is 0.231. The van der Waals surface area contributed by atoms with Crippen molar-refractivity contribution in [2.45, 2.75) is 19.0 Å². The molecule has 1 aromatic carbocycles. The molecule has 1 heterocycles. The highest BCUT2D eigenvalue weighted by atomic mass is 35.5. The first-order valence-electron chi connectivity index (χ1n) is 5.94. The van der Waals surface area contributed by atoms with E-state index < -0.39 is 22.7 Å². The van der Waals surface area contributed by atoms with Crippen LogP contribution in [0.15, 0.2) is 33.9 Å². The third kappa shape index (κ3) is 3.75. The maximum absolute atomic E-state index is 12.9. The summed E-state index contributed by atoms with van der Waals surface area (Å²) in [4.78, 5) is 22.1. The zero-order valence-electron chi connectivity index (χ0n) is 10.6. The van der Waals surface area contributed by atoms with Crippen LogP contribution in [0.3, 0.4) is 0 Å². The van der Waals surface area contributed by atoms with Gasteiger partial charge in [-0.1, -0.05) is 17.7 Å². The van der Waals surface area contributed by atoms with Gasteiger partial charge in [0.25, 0.3) is 0 Å². The van der Waals surface area contributed by atoms with Crippen LogP contribution in [-0.4, -0.2) is 10.2 Å². The van der Waals surface area contributed by atoms with Crippen molar-refractivity contribution >= 4 is 11.6 Å². The minimum absolute atomic E-state index is 0.00326. The molecule has 21 heavy (non-hydrogen) atoms. The minimum atomic E-state index is -4.50. The first kappa shape index (κ1) is 15.4. The molecule has 0 bridgehead atoms. The topological polar surface area (TPSA) is 65.7 Å². The number of rotatable bonds is 3. The lowest BCUT2D eigenvalue weighted by Gasteiger charge is -2.13. The van der Waals surface area contributed by atoms with Crippen LogP contribution in [0.4, 0.5) is 13.2 Å². The third-order valence-corrected chi connectivity index (χ3v) is 3.14. The number of nitrogens with one attached hydrogen (secondary N) is 2. The number of benzene rings is 1. The molecule has 1 aromatic heterocycles. The molecule has 0 fully saturated rings. The number of aromatic amines is 2. The van der Waals surface area contributed by atoms with Gasteiger partial charge in [-0.15, -0.1) is 0 Å². The molecular weight excluding hydrogens is 309 g/mol. The smallest absolute Gasteiger partial charge is 0.302 e. The second-order valence-corrected chi connectivity index (χ2v) is 4.85. The lowest BCUT2D eigenvalue weighted by atomic mass is 10.0. The molecular formula is C13H10ClF3N2O2. The van der Waals surface area contributed by atoms with E-state index in [0.717, 1.165) is 12.1 Å². The maximum Gasteiger partial charge on any atom is 0.416 e. The van der Waals surface area contributed by atoms with Gasteiger partial charge in [0.2, 0.25) is 5.43 Å². The Bertz CT molecular complexity index is 765. The normalized spacial score (nSPS) is 11.6. The van der Waals surface area contributed by atoms with E-state index in [9.17, 15) is 22.8 Å². The lowest BCUT2D eigenvalue weighted by molar-refractivity contribution is -0.138. The Morgan fingerprint density at radius 2 is 1.76 bits per heavy atom. The zero-order chi connectivity index (χ0) is 15.6. The molecule has 0 amide bonds. The Kier molecular flexibility index (Phi) is 4.22. The Morgan fingerprint density at radius 1 is 1.05 bits per heavy atom. The summed E-state index contributed by atoms with van der Waals surface area (Å²) in [6, 6.07) is 4.62. The summed E-state index contributed by atoms with van der Waals surface area (Å²) in [7, 11) is 0. The molecule has 0 spiro atoms. The second kappa shape index (κ2) is 5.77. The number of alkyl halides is 3. The molecule has 0 atom stereocenters. The Labute approximate surface area is 121 Å². The summed E-state index contributed by atoms with van der Waals surface area (Å²) in [6.45, 7) is 0. The molecule has 0 aliphatic heterocycles. The molecule has 2 aromatic rings. The molecule has 0 radical (unpaired) electrons. The van der Waals surface area contributed by atoms with E-state index in [1.165, 1.54) is 12.1 Å². The van der Waals surface area contributed by atoms with Crippen LogP contribution in [0.1, 0.15) is 16.8 Å². The fourth-order valence-corrected chi connectivity index (χ4v) is 2.07. The molecule has 0 aliphatic carbocycles. The van der Waals surface area contributed by atoms with Gasteiger partial charge in [0.05, 0.1) is 5.56 Å². The highest BCUT2D eigenvalue weighted by Crippen LogP contribution is 2.34. The minimum Gasteiger partial charge on any atom is -0.302 e. The van der Waals surface area contributed by atoms with Gasteiger partial charge in [0.15, 0.2) is 0 Å². The van der Waals surface area contributed by atoms with Crippen molar-refractivity contribution in [2.24, 2.45) is 0 Å². The van der Waals surface area contributed by atoms with Crippen molar-refractivity contribution in [1.82, 2.24) is 10.2 Å². The molecule has 2 rings (SSSR count). The summed E-state index contributed by atoms with van der Waals surface area (Å²) in [6.07, 6.45) is -4.30. The summed E-state index contributed by atoms with van der Waals surface area (Å²) in [5.74, 6) is 0. The first-order valence-corrected chi connectivity index (χ1v) is 6.31. The Hall–Kier alpha value is -2.02. The third-order valence-electron chi connectivity index (χ3n) is 2.91. The van der Waals surface area contributed by atoms with Crippen molar-refractivity contribution in [2.75, 3.05) is 0 Å². The molecule has 8 heteroatoms. The van der Waals surface area contributed by atoms with Crippen LogP contribution >= 0.6 is 11.6 Å². The van der Waals surface area contributed by atoms with Crippen molar-refractivity contribution in [1.29, 1.82) is 0 Å². The highest BCUT2D eigenvalue weighted by molar-refractivity contribution is 6.30. The van der Waals surface area contributed by atoms with E-state index in [1.807, 2.05) is 0 Å². The van der Waals surface area contributed by atoms with Gasteiger partial charge in [0, 0.05) is 16.8 Å².